The lowest BCUT2D eigenvalue weighted by Crippen LogP contribution is -2.40. The van der Waals surface area contributed by atoms with Crippen LogP contribution < -0.4 is 10.6 Å². The molecule has 2 aliphatic rings. The second kappa shape index (κ2) is 5.52. The molecule has 0 amide bonds. The summed E-state index contributed by atoms with van der Waals surface area (Å²) in [7, 11) is 0. The Hall–Kier alpha value is -1.65. The third-order valence-corrected chi connectivity index (χ3v) is 4.76. The first kappa shape index (κ1) is 15.3. The van der Waals surface area contributed by atoms with Gasteiger partial charge in [0.05, 0.1) is 0 Å². The second-order valence-corrected chi connectivity index (χ2v) is 6.68. The predicted molar refractivity (Wildman–Crippen MR) is 85.0 cm³/mol. The Labute approximate surface area is 130 Å². The van der Waals surface area contributed by atoms with Gasteiger partial charge in [-0.2, -0.15) is 0 Å². The Morgan fingerprint density at radius 1 is 1.41 bits per heavy atom. The minimum Gasteiger partial charge on any atom is -0.399 e. The molecule has 22 heavy (non-hydrogen) atoms. The van der Waals surface area contributed by atoms with Crippen LogP contribution in [-0.4, -0.2) is 24.0 Å². The number of hydrogen-bond donors (Lipinski definition) is 1. The molecule has 1 aromatic heterocycles. The van der Waals surface area contributed by atoms with Gasteiger partial charge in [0.2, 0.25) is 0 Å². The van der Waals surface area contributed by atoms with Crippen molar-refractivity contribution in [3.8, 4) is 0 Å². The van der Waals surface area contributed by atoms with Crippen LogP contribution in [0.5, 0.6) is 0 Å². The van der Waals surface area contributed by atoms with Crippen LogP contribution in [0.15, 0.2) is 12.6 Å². The van der Waals surface area contributed by atoms with Gasteiger partial charge in [0.25, 0.3) is 5.92 Å². The highest BCUT2D eigenvalue weighted by Crippen LogP contribution is 2.35. The minimum absolute atomic E-state index is 0.126. The maximum atomic E-state index is 13.4. The number of piperidine rings is 1. The first-order valence-corrected chi connectivity index (χ1v) is 7.96. The lowest BCUT2D eigenvalue weighted by atomic mass is 9.87. The SMILES string of the molecule is C=C(N)c1cc2c(nc1N1CCC(F)(F)CC1)CC(C)CC2. The third kappa shape index (κ3) is 2.94. The fourth-order valence-corrected chi connectivity index (χ4v) is 3.33. The van der Waals surface area contributed by atoms with Crippen molar-refractivity contribution in [2.75, 3.05) is 18.0 Å². The summed E-state index contributed by atoms with van der Waals surface area (Å²) in [6.07, 6.45) is 2.85. The number of hydrogen-bond acceptors (Lipinski definition) is 3. The average Bonchev–Trinajstić information content (AvgIpc) is 2.45. The molecule has 5 heteroatoms. The van der Waals surface area contributed by atoms with E-state index >= 15 is 0 Å². The van der Waals surface area contributed by atoms with Gasteiger partial charge in [0.1, 0.15) is 5.82 Å². The second-order valence-electron chi connectivity index (χ2n) is 6.68. The Bertz CT molecular complexity index is 588. The number of alkyl halides is 2. The normalized spacial score (nSPS) is 24.0. The molecule has 1 saturated heterocycles. The van der Waals surface area contributed by atoms with Crippen LogP contribution in [-0.2, 0) is 12.8 Å². The molecule has 0 bridgehead atoms. The van der Waals surface area contributed by atoms with Crippen molar-refractivity contribution in [1.29, 1.82) is 0 Å². The van der Waals surface area contributed by atoms with Gasteiger partial charge in [-0.05, 0) is 36.8 Å². The van der Waals surface area contributed by atoms with Gasteiger partial charge in [-0.25, -0.2) is 13.8 Å². The Morgan fingerprint density at radius 2 is 2.09 bits per heavy atom. The number of nitrogens with zero attached hydrogens (tertiary/aromatic N) is 2. The number of aromatic nitrogens is 1. The molecule has 2 N–H and O–H groups in total. The van der Waals surface area contributed by atoms with E-state index in [9.17, 15) is 8.78 Å². The summed E-state index contributed by atoms with van der Waals surface area (Å²) in [5.41, 5.74) is 9.51. The van der Waals surface area contributed by atoms with Gasteiger partial charge < -0.3 is 10.6 Å². The topological polar surface area (TPSA) is 42.1 Å². The van der Waals surface area contributed by atoms with Crippen LogP contribution in [0.4, 0.5) is 14.6 Å². The molecule has 0 radical (unpaired) electrons. The molecule has 0 spiro atoms. The summed E-state index contributed by atoms with van der Waals surface area (Å²) >= 11 is 0. The van der Waals surface area contributed by atoms with Crippen molar-refractivity contribution in [3.63, 3.8) is 0 Å². The molecule has 0 aromatic carbocycles. The molecular formula is C17H23F2N3. The van der Waals surface area contributed by atoms with Gasteiger partial charge in [0, 0.05) is 42.9 Å². The van der Waals surface area contributed by atoms with E-state index in [1.54, 1.807) is 0 Å². The number of halogens is 2. The van der Waals surface area contributed by atoms with Crippen molar-refractivity contribution >= 4 is 11.5 Å². The highest BCUT2D eigenvalue weighted by molar-refractivity contribution is 5.72. The van der Waals surface area contributed by atoms with Crippen LogP contribution in [0.3, 0.4) is 0 Å². The van der Waals surface area contributed by atoms with Gasteiger partial charge in [0.15, 0.2) is 0 Å². The van der Waals surface area contributed by atoms with Crippen molar-refractivity contribution in [3.05, 3.63) is 29.5 Å². The summed E-state index contributed by atoms with van der Waals surface area (Å²) in [4.78, 5) is 6.73. The molecule has 2 heterocycles. The molecule has 1 aliphatic heterocycles. The van der Waals surface area contributed by atoms with Crippen LogP contribution >= 0.6 is 0 Å². The third-order valence-electron chi connectivity index (χ3n) is 4.76. The maximum absolute atomic E-state index is 13.4. The highest BCUT2D eigenvalue weighted by Gasteiger charge is 2.35. The molecule has 1 fully saturated rings. The number of fused-ring (bicyclic) bond motifs is 1. The zero-order valence-electron chi connectivity index (χ0n) is 13.0. The molecular weight excluding hydrogens is 284 g/mol. The average molecular weight is 307 g/mol. The first-order valence-electron chi connectivity index (χ1n) is 7.96. The molecule has 3 nitrogen and oxygen atoms in total. The van der Waals surface area contributed by atoms with E-state index in [-0.39, 0.29) is 12.8 Å². The van der Waals surface area contributed by atoms with Gasteiger partial charge in [-0.15, -0.1) is 0 Å². The zero-order valence-corrected chi connectivity index (χ0v) is 13.0. The lowest BCUT2D eigenvalue weighted by Gasteiger charge is -2.34. The number of pyridine rings is 1. The quantitative estimate of drug-likeness (QED) is 0.911. The van der Waals surface area contributed by atoms with E-state index in [1.165, 1.54) is 5.56 Å². The highest BCUT2D eigenvalue weighted by atomic mass is 19.3. The Kier molecular flexibility index (Phi) is 3.83. The molecule has 0 saturated carbocycles. The molecule has 120 valence electrons. The van der Waals surface area contributed by atoms with Crippen molar-refractivity contribution in [1.82, 2.24) is 4.98 Å². The molecule has 3 rings (SSSR count). The summed E-state index contributed by atoms with van der Waals surface area (Å²) in [5, 5.41) is 0. The standard InChI is InChI=1S/C17H23F2N3/c1-11-3-4-13-10-14(12(2)20)16(21-15(13)9-11)22-7-5-17(18,19)6-8-22/h10-11H,2-9,20H2,1H3. The fourth-order valence-electron chi connectivity index (χ4n) is 3.33. The van der Waals surface area contributed by atoms with Gasteiger partial charge in [-0.1, -0.05) is 13.5 Å². The van der Waals surface area contributed by atoms with Crippen LogP contribution in [0.2, 0.25) is 0 Å². The van der Waals surface area contributed by atoms with E-state index in [1.807, 2.05) is 4.90 Å². The summed E-state index contributed by atoms with van der Waals surface area (Å²) < 4.78 is 26.8. The van der Waals surface area contributed by atoms with Crippen LogP contribution in [0, 0.1) is 5.92 Å². The van der Waals surface area contributed by atoms with E-state index < -0.39 is 5.92 Å². The van der Waals surface area contributed by atoms with E-state index in [4.69, 9.17) is 10.7 Å². The minimum atomic E-state index is -2.56. The molecule has 1 atom stereocenters. The number of anilines is 1. The summed E-state index contributed by atoms with van der Waals surface area (Å²) in [6.45, 7) is 6.69. The van der Waals surface area contributed by atoms with E-state index in [0.717, 1.165) is 36.3 Å². The van der Waals surface area contributed by atoms with E-state index in [2.05, 4.69) is 19.6 Å². The zero-order chi connectivity index (χ0) is 15.9. The Balaban J connectivity index is 1.95. The number of nitrogens with two attached hydrogens (primary N) is 1. The Morgan fingerprint density at radius 3 is 2.73 bits per heavy atom. The summed E-state index contributed by atoms with van der Waals surface area (Å²) in [5.74, 6) is -1.21. The summed E-state index contributed by atoms with van der Waals surface area (Å²) in [6, 6.07) is 2.07. The van der Waals surface area contributed by atoms with E-state index in [0.29, 0.717) is 24.7 Å². The lowest BCUT2D eigenvalue weighted by molar-refractivity contribution is -0.0221. The van der Waals surface area contributed by atoms with Crippen LogP contribution in [0.1, 0.15) is 43.0 Å². The molecule has 1 unspecified atom stereocenters. The molecule has 1 aliphatic carbocycles. The van der Waals surface area contributed by atoms with Gasteiger partial charge in [-0.3, -0.25) is 0 Å². The van der Waals surface area contributed by atoms with Crippen molar-refractivity contribution in [2.24, 2.45) is 11.7 Å². The van der Waals surface area contributed by atoms with Crippen molar-refractivity contribution < 1.29 is 8.78 Å². The largest absolute Gasteiger partial charge is 0.399 e. The first-order chi connectivity index (χ1) is 10.4. The van der Waals surface area contributed by atoms with Crippen molar-refractivity contribution in [2.45, 2.75) is 45.0 Å². The number of rotatable bonds is 2. The predicted octanol–water partition coefficient (Wildman–Crippen LogP) is 3.37. The number of aryl methyl sites for hydroxylation is 1. The molecule has 1 aromatic rings. The fraction of sp³-hybridized carbons (Fsp3) is 0.588. The maximum Gasteiger partial charge on any atom is 0.251 e. The smallest absolute Gasteiger partial charge is 0.251 e. The van der Waals surface area contributed by atoms with Gasteiger partial charge >= 0.3 is 0 Å². The monoisotopic (exact) mass is 307 g/mol. The van der Waals surface area contributed by atoms with Crippen LogP contribution in [0.25, 0.3) is 5.70 Å².